The summed E-state index contributed by atoms with van der Waals surface area (Å²) in [7, 11) is -3.20. The Labute approximate surface area is 129 Å². The van der Waals surface area contributed by atoms with Crippen molar-refractivity contribution in [3.05, 3.63) is 22.7 Å². The van der Waals surface area contributed by atoms with Crippen LogP contribution in [0.1, 0.15) is 24.8 Å². The van der Waals surface area contributed by atoms with E-state index in [0.29, 0.717) is 35.3 Å². The van der Waals surface area contributed by atoms with Gasteiger partial charge in [-0.25, -0.2) is 8.42 Å². The van der Waals surface area contributed by atoms with E-state index in [4.69, 9.17) is 32.7 Å². The maximum Gasteiger partial charge on any atom is 0.162 e. The number of hydrogen-bond donors (Lipinski definition) is 0. The largest absolute Gasteiger partial charge is 0.490 e. The fraction of sp³-hybridized carbons (Fsp3) is 0.538. The van der Waals surface area contributed by atoms with E-state index in [0.717, 1.165) is 6.26 Å². The minimum absolute atomic E-state index is 0.187. The lowest BCUT2D eigenvalue weighted by Crippen LogP contribution is -2.10. The molecule has 20 heavy (non-hydrogen) atoms. The number of sulfone groups is 1. The molecule has 4 nitrogen and oxygen atoms in total. The summed E-state index contributed by atoms with van der Waals surface area (Å²) in [4.78, 5) is 0. The highest BCUT2D eigenvalue weighted by Gasteiger charge is 2.20. The Kier molecular flexibility index (Phi) is 6.43. The molecule has 114 valence electrons. The van der Waals surface area contributed by atoms with Crippen molar-refractivity contribution in [2.75, 3.05) is 25.2 Å². The van der Waals surface area contributed by atoms with Crippen LogP contribution in [-0.4, -0.2) is 33.6 Å². The zero-order chi connectivity index (χ0) is 15.3. The van der Waals surface area contributed by atoms with E-state index in [2.05, 4.69) is 0 Å². The minimum Gasteiger partial charge on any atom is -0.490 e. The monoisotopic (exact) mass is 340 g/mol. The van der Waals surface area contributed by atoms with Gasteiger partial charge in [-0.05, 0) is 25.5 Å². The van der Waals surface area contributed by atoms with Gasteiger partial charge in [0.2, 0.25) is 0 Å². The highest BCUT2D eigenvalue weighted by atomic mass is 35.5. The van der Waals surface area contributed by atoms with Gasteiger partial charge in [-0.15, -0.1) is 11.6 Å². The summed E-state index contributed by atoms with van der Waals surface area (Å²) in [6.45, 7) is 4.63. The lowest BCUT2D eigenvalue weighted by atomic mass is 10.1. The quantitative estimate of drug-likeness (QED) is 0.713. The molecule has 0 aliphatic heterocycles. The summed E-state index contributed by atoms with van der Waals surface area (Å²) in [5.41, 5.74) is 0.519. The zero-order valence-electron chi connectivity index (χ0n) is 11.7. The molecule has 0 aliphatic carbocycles. The summed E-state index contributed by atoms with van der Waals surface area (Å²) in [6, 6.07) is 3.24. The van der Waals surface area contributed by atoms with Crippen molar-refractivity contribution < 1.29 is 17.9 Å². The molecule has 0 aliphatic rings. The third-order valence-corrected chi connectivity index (χ3v) is 4.29. The average molecular weight is 341 g/mol. The van der Waals surface area contributed by atoms with Crippen LogP contribution < -0.4 is 9.47 Å². The normalized spacial score (nSPS) is 13.1. The van der Waals surface area contributed by atoms with Gasteiger partial charge in [0.15, 0.2) is 11.5 Å². The molecule has 0 amide bonds. The van der Waals surface area contributed by atoms with Crippen LogP contribution in [0, 0.1) is 0 Å². The van der Waals surface area contributed by atoms with Gasteiger partial charge in [0.25, 0.3) is 0 Å². The van der Waals surface area contributed by atoms with Crippen molar-refractivity contribution in [3.8, 4) is 11.5 Å². The molecule has 1 unspecified atom stereocenters. The second-order valence-electron chi connectivity index (χ2n) is 4.25. The zero-order valence-corrected chi connectivity index (χ0v) is 14.0. The number of alkyl halides is 1. The number of halogens is 2. The number of hydrogen-bond acceptors (Lipinski definition) is 4. The van der Waals surface area contributed by atoms with Crippen molar-refractivity contribution in [1.29, 1.82) is 0 Å². The standard InChI is InChI=1S/C13H18Cl2O4S/c1-4-18-12-6-9(11(15)8-20(3,16)17)10(14)7-13(12)19-5-2/h6-7,11H,4-5,8H2,1-3H3. The lowest BCUT2D eigenvalue weighted by molar-refractivity contribution is 0.287. The van der Waals surface area contributed by atoms with Crippen LogP contribution in [0.5, 0.6) is 11.5 Å². The molecule has 1 aromatic rings. The maximum atomic E-state index is 11.3. The molecule has 0 spiro atoms. The number of rotatable bonds is 7. The summed E-state index contributed by atoms with van der Waals surface area (Å²) in [5.74, 6) is 0.840. The molecule has 0 bridgehead atoms. The van der Waals surface area contributed by atoms with Crippen molar-refractivity contribution in [2.24, 2.45) is 0 Å². The first-order chi connectivity index (χ1) is 9.28. The molecule has 7 heteroatoms. The van der Waals surface area contributed by atoms with E-state index < -0.39 is 15.2 Å². The van der Waals surface area contributed by atoms with Crippen LogP contribution >= 0.6 is 23.2 Å². The van der Waals surface area contributed by atoms with Crippen LogP contribution in [0.2, 0.25) is 5.02 Å². The van der Waals surface area contributed by atoms with Crippen molar-refractivity contribution in [2.45, 2.75) is 19.2 Å². The Morgan fingerprint density at radius 3 is 2.10 bits per heavy atom. The van der Waals surface area contributed by atoms with Gasteiger partial charge in [-0.3, -0.25) is 0 Å². The van der Waals surface area contributed by atoms with Gasteiger partial charge in [0.1, 0.15) is 9.84 Å². The van der Waals surface area contributed by atoms with Gasteiger partial charge < -0.3 is 9.47 Å². The van der Waals surface area contributed by atoms with Crippen molar-refractivity contribution >= 4 is 33.0 Å². The molecule has 0 aromatic heterocycles. The highest BCUT2D eigenvalue weighted by molar-refractivity contribution is 7.90. The smallest absolute Gasteiger partial charge is 0.162 e. The third kappa shape index (κ3) is 5.04. The fourth-order valence-electron chi connectivity index (χ4n) is 1.68. The SMILES string of the molecule is CCOc1cc(Cl)c(C(Cl)CS(C)(=O)=O)cc1OCC. The Morgan fingerprint density at radius 2 is 1.65 bits per heavy atom. The molecule has 0 fully saturated rings. The van der Waals surface area contributed by atoms with Crippen LogP contribution in [-0.2, 0) is 9.84 Å². The summed E-state index contributed by atoms with van der Waals surface area (Å²) < 4.78 is 33.6. The van der Waals surface area contributed by atoms with E-state index in [1.54, 1.807) is 12.1 Å². The predicted octanol–water partition coefficient (Wildman–Crippen LogP) is 3.46. The molecule has 0 radical (unpaired) electrons. The van der Waals surface area contributed by atoms with Crippen molar-refractivity contribution in [1.82, 2.24) is 0 Å². The Balaban J connectivity index is 3.17. The molecule has 0 heterocycles. The molecule has 1 rings (SSSR count). The highest BCUT2D eigenvalue weighted by Crippen LogP contribution is 2.38. The molecule has 0 saturated heterocycles. The number of benzene rings is 1. The first kappa shape index (κ1) is 17.4. The summed E-state index contributed by atoms with van der Waals surface area (Å²) >= 11 is 12.3. The van der Waals surface area contributed by atoms with Crippen LogP contribution in [0.15, 0.2) is 12.1 Å². The fourth-order valence-corrected chi connectivity index (χ4v) is 3.60. The molecular formula is C13H18Cl2O4S. The molecule has 1 aromatic carbocycles. The van der Waals surface area contributed by atoms with E-state index >= 15 is 0 Å². The lowest BCUT2D eigenvalue weighted by Gasteiger charge is -2.16. The van der Waals surface area contributed by atoms with Crippen molar-refractivity contribution in [3.63, 3.8) is 0 Å². The van der Waals surface area contributed by atoms with Gasteiger partial charge in [-0.1, -0.05) is 11.6 Å². The molecule has 0 N–H and O–H groups in total. The van der Waals surface area contributed by atoms with E-state index in [1.165, 1.54) is 0 Å². The van der Waals surface area contributed by atoms with E-state index in [1.807, 2.05) is 13.8 Å². The maximum absolute atomic E-state index is 11.3. The first-order valence-corrected chi connectivity index (χ1v) is 9.06. The second kappa shape index (κ2) is 7.38. The second-order valence-corrected chi connectivity index (χ2v) is 7.37. The van der Waals surface area contributed by atoms with Gasteiger partial charge in [-0.2, -0.15) is 0 Å². The van der Waals surface area contributed by atoms with Gasteiger partial charge in [0, 0.05) is 17.3 Å². The number of ether oxygens (including phenoxy) is 2. The Hall–Kier alpha value is -0.650. The topological polar surface area (TPSA) is 52.6 Å². The van der Waals surface area contributed by atoms with Gasteiger partial charge >= 0.3 is 0 Å². The molecule has 0 saturated carbocycles. The Bertz CT molecular complexity index is 558. The molecule has 1 atom stereocenters. The van der Waals surface area contributed by atoms with Gasteiger partial charge in [0.05, 0.1) is 24.3 Å². The minimum atomic E-state index is -3.20. The summed E-state index contributed by atoms with van der Waals surface area (Å²) in [6.07, 6.45) is 1.13. The molecular weight excluding hydrogens is 323 g/mol. The van der Waals surface area contributed by atoms with Crippen LogP contribution in [0.3, 0.4) is 0 Å². The summed E-state index contributed by atoms with van der Waals surface area (Å²) in [5, 5.41) is -0.368. The van der Waals surface area contributed by atoms with E-state index in [-0.39, 0.29) is 5.75 Å². The van der Waals surface area contributed by atoms with Crippen LogP contribution in [0.4, 0.5) is 0 Å². The third-order valence-electron chi connectivity index (χ3n) is 2.45. The van der Waals surface area contributed by atoms with E-state index in [9.17, 15) is 8.42 Å². The van der Waals surface area contributed by atoms with Crippen LogP contribution in [0.25, 0.3) is 0 Å². The Morgan fingerprint density at radius 1 is 1.15 bits per heavy atom. The first-order valence-electron chi connectivity index (χ1n) is 6.19. The average Bonchev–Trinajstić information content (AvgIpc) is 2.30. The predicted molar refractivity (Wildman–Crippen MR) is 82.1 cm³/mol.